The van der Waals surface area contributed by atoms with Crippen LogP contribution in [0, 0.1) is 5.82 Å². The van der Waals surface area contributed by atoms with E-state index < -0.39 is 10.0 Å². The molecule has 3 aromatic rings. The summed E-state index contributed by atoms with van der Waals surface area (Å²) in [6.45, 7) is 2.58. The fourth-order valence-electron chi connectivity index (χ4n) is 4.15. The number of hydrogen-bond donors (Lipinski definition) is 1. The number of amides is 1. The van der Waals surface area contributed by atoms with Crippen LogP contribution >= 0.6 is 11.6 Å². The molecule has 0 radical (unpaired) electrons. The van der Waals surface area contributed by atoms with Crippen LogP contribution in [0.3, 0.4) is 0 Å². The number of piperazine rings is 1. The summed E-state index contributed by atoms with van der Waals surface area (Å²) in [5, 5.41) is 3.35. The van der Waals surface area contributed by atoms with E-state index in [1.54, 1.807) is 24.3 Å². The molecule has 0 spiro atoms. The summed E-state index contributed by atoms with van der Waals surface area (Å²) in [6, 6.07) is 18.6. The minimum atomic E-state index is -3.52. The number of para-hydroxylation sites is 2. The third kappa shape index (κ3) is 5.80. The van der Waals surface area contributed by atoms with Crippen LogP contribution in [0.25, 0.3) is 0 Å². The van der Waals surface area contributed by atoms with E-state index in [1.807, 2.05) is 29.2 Å². The van der Waals surface area contributed by atoms with Gasteiger partial charge in [-0.2, -0.15) is 0 Å². The maximum atomic E-state index is 14.3. The van der Waals surface area contributed by atoms with Crippen LogP contribution in [0.2, 0.25) is 5.02 Å². The Morgan fingerprint density at radius 1 is 0.944 bits per heavy atom. The highest BCUT2D eigenvalue weighted by atomic mass is 35.5. The Hall–Kier alpha value is -3.14. The van der Waals surface area contributed by atoms with Crippen molar-refractivity contribution in [2.75, 3.05) is 55.4 Å². The maximum Gasteiger partial charge on any atom is 0.242 e. The Morgan fingerprint density at radius 3 is 2.17 bits per heavy atom. The van der Waals surface area contributed by atoms with Gasteiger partial charge in [0.05, 0.1) is 28.4 Å². The van der Waals surface area contributed by atoms with Gasteiger partial charge < -0.3 is 15.1 Å². The van der Waals surface area contributed by atoms with E-state index in [2.05, 4.69) is 10.2 Å². The summed E-state index contributed by atoms with van der Waals surface area (Å²) in [6.07, 6.45) is 0.111. The van der Waals surface area contributed by atoms with Crippen molar-refractivity contribution in [2.24, 2.45) is 0 Å². The molecule has 1 N–H and O–H groups in total. The first-order chi connectivity index (χ1) is 17.1. The molecule has 1 heterocycles. The predicted octanol–water partition coefficient (Wildman–Crippen LogP) is 4.24. The average Bonchev–Trinajstić information content (AvgIpc) is 2.85. The van der Waals surface area contributed by atoms with Crippen molar-refractivity contribution in [1.29, 1.82) is 0 Å². The minimum absolute atomic E-state index is 0.111. The van der Waals surface area contributed by atoms with Gasteiger partial charge in [-0.15, -0.1) is 0 Å². The molecule has 0 atom stereocenters. The van der Waals surface area contributed by atoms with Gasteiger partial charge >= 0.3 is 0 Å². The first-order valence-corrected chi connectivity index (χ1v) is 13.3. The van der Waals surface area contributed by atoms with E-state index in [4.69, 9.17) is 11.6 Å². The monoisotopic (exact) mass is 530 g/mol. The third-order valence-electron chi connectivity index (χ3n) is 6.12. The molecule has 0 unspecified atom stereocenters. The second-order valence-corrected chi connectivity index (χ2v) is 11.3. The van der Waals surface area contributed by atoms with E-state index in [0.29, 0.717) is 48.1 Å². The van der Waals surface area contributed by atoms with Gasteiger partial charge in [0.1, 0.15) is 5.82 Å². The van der Waals surface area contributed by atoms with Gasteiger partial charge in [-0.3, -0.25) is 4.79 Å². The number of benzene rings is 3. The largest absolute Gasteiger partial charge is 0.366 e. The Bertz CT molecular complexity index is 1340. The fourth-order valence-corrected chi connectivity index (χ4v) is 5.21. The topological polar surface area (TPSA) is 73.0 Å². The zero-order chi connectivity index (χ0) is 25.9. The SMILES string of the molecule is CN(C)S(=O)(=O)c1ccc(CC(=O)Nc2ccccc2N2CCN(c3ccc(Cl)cc3F)CC2)cc1. The van der Waals surface area contributed by atoms with Gasteiger partial charge in [0.2, 0.25) is 15.9 Å². The lowest BCUT2D eigenvalue weighted by Gasteiger charge is -2.38. The van der Waals surface area contributed by atoms with E-state index in [0.717, 1.165) is 9.99 Å². The molecule has 1 aliphatic rings. The number of hydrogen-bond acceptors (Lipinski definition) is 5. The van der Waals surface area contributed by atoms with Crippen molar-refractivity contribution in [3.63, 3.8) is 0 Å². The minimum Gasteiger partial charge on any atom is -0.366 e. The smallest absolute Gasteiger partial charge is 0.242 e. The zero-order valence-electron chi connectivity index (χ0n) is 20.1. The molecular formula is C26H28ClFN4O3S. The second-order valence-electron chi connectivity index (χ2n) is 8.74. The van der Waals surface area contributed by atoms with Crippen LogP contribution in [-0.4, -0.2) is 58.9 Å². The molecule has 1 saturated heterocycles. The number of carbonyl (C=O) groups is 1. The maximum absolute atomic E-state index is 14.3. The van der Waals surface area contributed by atoms with Crippen LogP contribution in [0.5, 0.6) is 0 Å². The molecule has 36 heavy (non-hydrogen) atoms. The number of sulfonamides is 1. The lowest BCUT2D eigenvalue weighted by molar-refractivity contribution is -0.115. The van der Waals surface area contributed by atoms with E-state index in [-0.39, 0.29) is 23.0 Å². The molecule has 4 rings (SSSR count). The summed E-state index contributed by atoms with van der Waals surface area (Å²) < 4.78 is 40.0. The molecule has 0 saturated carbocycles. The highest BCUT2D eigenvalue weighted by Crippen LogP contribution is 2.29. The van der Waals surface area contributed by atoms with E-state index >= 15 is 0 Å². The van der Waals surface area contributed by atoms with Crippen molar-refractivity contribution in [3.05, 3.63) is 83.1 Å². The second kappa shape index (κ2) is 10.9. The quantitative estimate of drug-likeness (QED) is 0.495. The standard InChI is InChI=1S/C26H28ClFN4O3S/c1-30(2)36(34,35)21-10-7-19(8-11-21)17-26(33)29-23-5-3-4-6-25(23)32-15-13-31(14-16-32)24-12-9-20(27)18-22(24)28/h3-12,18H,13-17H2,1-2H3,(H,29,33). The highest BCUT2D eigenvalue weighted by Gasteiger charge is 2.22. The number of nitrogens with one attached hydrogen (secondary N) is 1. The molecule has 1 aliphatic heterocycles. The van der Waals surface area contributed by atoms with Crippen LogP contribution in [0.15, 0.2) is 71.6 Å². The normalized spacial score (nSPS) is 14.2. The summed E-state index contributed by atoms with van der Waals surface area (Å²) in [5.41, 5.74) is 2.83. The summed E-state index contributed by atoms with van der Waals surface area (Å²) >= 11 is 5.88. The fraction of sp³-hybridized carbons (Fsp3) is 0.269. The van der Waals surface area contributed by atoms with Crippen LogP contribution in [0.4, 0.5) is 21.5 Å². The molecule has 190 valence electrons. The highest BCUT2D eigenvalue weighted by molar-refractivity contribution is 7.89. The zero-order valence-corrected chi connectivity index (χ0v) is 21.7. The lowest BCUT2D eigenvalue weighted by atomic mass is 10.1. The Labute approximate surface area is 216 Å². The number of anilines is 3. The van der Waals surface area contributed by atoms with Gasteiger partial charge in [-0.05, 0) is 48.0 Å². The summed E-state index contributed by atoms with van der Waals surface area (Å²) in [7, 11) is -0.565. The van der Waals surface area contributed by atoms with Gasteiger partial charge in [-0.25, -0.2) is 17.1 Å². The van der Waals surface area contributed by atoms with Gasteiger partial charge in [0.25, 0.3) is 0 Å². The van der Waals surface area contributed by atoms with Gasteiger partial charge in [0.15, 0.2) is 0 Å². The number of carbonyl (C=O) groups excluding carboxylic acids is 1. The van der Waals surface area contributed by atoms with Crippen LogP contribution < -0.4 is 15.1 Å². The van der Waals surface area contributed by atoms with Crippen molar-refractivity contribution in [1.82, 2.24) is 4.31 Å². The van der Waals surface area contributed by atoms with Crippen molar-refractivity contribution in [3.8, 4) is 0 Å². The number of halogens is 2. The van der Waals surface area contributed by atoms with E-state index in [9.17, 15) is 17.6 Å². The molecule has 0 aromatic heterocycles. The van der Waals surface area contributed by atoms with Crippen molar-refractivity contribution in [2.45, 2.75) is 11.3 Å². The third-order valence-corrected chi connectivity index (χ3v) is 8.18. The molecule has 3 aromatic carbocycles. The molecule has 0 aliphatic carbocycles. The van der Waals surface area contributed by atoms with Gasteiger partial charge in [0, 0.05) is 45.3 Å². The predicted molar refractivity (Wildman–Crippen MR) is 142 cm³/mol. The van der Waals surface area contributed by atoms with Crippen LogP contribution in [-0.2, 0) is 21.2 Å². The van der Waals surface area contributed by atoms with Crippen LogP contribution in [0.1, 0.15) is 5.56 Å². The first kappa shape index (κ1) is 25.9. The van der Waals surface area contributed by atoms with Crippen molar-refractivity contribution < 1.29 is 17.6 Å². The molecular weight excluding hydrogens is 503 g/mol. The van der Waals surface area contributed by atoms with Gasteiger partial charge in [-0.1, -0.05) is 35.9 Å². The van der Waals surface area contributed by atoms with E-state index in [1.165, 1.54) is 32.3 Å². The average molecular weight is 531 g/mol. The summed E-state index contributed by atoms with van der Waals surface area (Å²) in [5.74, 6) is -0.538. The summed E-state index contributed by atoms with van der Waals surface area (Å²) in [4.78, 5) is 17.1. The lowest BCUT2D eigenvalue weighted by Crippen LogP contribution is -2.47. The Kier molecular flexibility index (Phi) is 7.82. The molecule has 1 fully saturated rings. The first-order valence-electron chi connectivity index (χ1n) is 11.5. The molecule has 7 nitrogen and oxygen atoms in total. The Morgan fingerprint density at radius 2 is 1.56 bits per heavy atom. The molecule has 10 heteroatoms. The van der Waals surface area contributed by atoms with Crippen molar-refractivity contribution >= 4 is 44.6 Å². The number of nitrogens with zero attached hydrogens (tertiary/aromatic N) is 3. The molecule has 1 amide bonds. The molecule has 0 bridgehead atoms. The Balaban J connectivity index is 1.40. The number of rotatable bonds is 7.